The van der Waals surface area contributed by atoms with Crippen molar-refractivity contribution in [2.45, 2.75) is 6.92 Å². The van der Waals surface area contributed by atoms with Crippen LogP contribution in [-0.4, -0.2) is 31.0 Å². The van der Waals surface area contributed by atoms with Crippen molar-refractivity contribution in [2.24, 2.45) is 5.73 Å². The molecule has 0 bridgehead atoms. The zero-order valence-electron chi connectivity index (χ0n) is 18.9. The minimum Gasteiger partial charge on any atom is -0.497 e. The first-order valence-electron chi connectivity index (χ1n) is 10.4. The van der Waals surface area contributed by atoms with Gasteiger partial charge >= 0.3 is 0 Å². The molecule has 2 amide bonds. The van der Waals surface area contributed by atoms with Crippen molar-refractivity contribution >= 4 is 28.3 Å². The van der Waals surface area contributed by atoms with E-state index in [9.17, 15) is 9.59 Å². The van der Waals surface area contributed by atoms with Gasteiger partial charge in [0.2, 0.25) is 0 Å². The van der Waals surface area contributed by atoms with Crippen LogP contribution in [0.4, 0.5) is 5.69 Å². The Balaban J connectivity index is 1.62. The average Bonchev–Trinajstić information content (AvgIpc) is 2.84. The molecule has 0 aliphatic rings. The first-order valence-corrected chi connectivity index (χ1v) is 10.4. The molecular formula is C26H23N3O5. The third-order valence-electron chi connectivity index (χ3n) is 5.32. The summed E-state index contributed by atoms with van der Waals surface area (Å²) >= 11 is 0. The molecule has 0 aliphatic carbocycles. The maximum absolute atomic E-state index is 13.1. The third kappa shape index (κ3) is 4.61. The quantitative estimate of drug-likeness (QED) is 0.416. The Hall–Kier alpha value is -4.59. The second kappa shape index (κ2) is 9.50. The number of amides is 2. The molecule has 1 heterocycles. The van der Waals surface area contributed by atoms with E-state index < -0.39 is 5.91 Å². The fourth-order valence-electron chi connectivity index (χ4n) is 3.61. The molecule has 0 spiro atoms. The molecular weight excluding hydrogens is 434 g/mol. The van der Waals surface area contributed by atoms with Gasteiger partial charge < -0.3 is 25.3 Å². The lowest BCUT2D eigenvalue weighted by atomic mass is 10.0. The highest BCUT2D eigenvalue weighted by molar-refractivity contribution is 6.13. The SMILES string of the molecule is COc1cc(NC(=O)c2cccc3cc(Oc4ccnc(C(N)=O)c4C)ccc23)cc(OC)c1. The van der Waals surface area contributed by atoms with E-state index in [1.165, 1.54) is 6.20 Å². The number of nitrogens with one attached hydrogen (secondary N) is 1. The van der Waals surface area contributed by atoms with Crippen LogP contribution < -0.4 is 25.3 Å². The predicted octanol–water partition coefficient (Wildman–Crippen LogP) is 4.70. The summed E-state index contributed by atoms with van der Waals surface area (Å²) < 4.78 is 16.5. The summed E-state index contributed by atoms with van der Waals surface area (Å²) in [5.41, 5.74) is 7.14. The number of hydrogen-bond acceptors (Lipinski definition) is 6. The summed E-state index contributed by atoms with van der Waals surface area (Å²) in [6, 6.07) is 17.7. The summed E-state index contributed by atoms with van der Waals surface area (Å²) in [4.78, 5) is 28.6. The Labute approximate surface area is 196 Å². The Morgan fingerprint density at radius 1 is 0.912 bits per heavy atom. The molecule has 0 aliphatic heterocycles. The Bertz CT molecular complexity index is 1380. The second-order valence-electron chi connectivity index (χ2n) is 7.49. The Morgan fingerprint density at radius 2 is 1.65 bits per heavy atom. The number of nitrogens with two attached hydrogens (primary N) is 1. The van der Waals surface area contributed by atoms with Crippen LogP contribution in [0.1, 0.15) is 26.4 Å². The van der Waals surface area contributed by atoms with E-state index in [0.717, 1.165) is 10.8 Å². The van der Waals surface area contributed by atoms with Crippen molar-refractivity contribution in [3.05, 3.63) is 83.7 Å². The number of carbonyl (C=O) groups is 2. The molecule has 4 aromatic rings. The van der Waals surface area contributed by atoms with E-state index in [2.05, 4.69) is 10.3 Å². The summed E-state index contributed by atoms with van der Waals surface area (Å²) in [5, 5.41) is 4.47. The van der Waals surface area contributed by atoms with Crippen LogP contribution in [0.3, 0.4) is 0 Å². The summed E-state index contributed by atoms with van der Waals surface area (Å²) in [5.74, 6) is 1.27. The van der Waals surface area contributed by atoms with Gasteiger partial charge in [-0.15, -0.1) is 0 Å². The van der Waals surface area contributed by atoms with Gasteiger partial charge in [0, 0.05) is 41.2 Å². The van der Waals surface area contributed by atoms with Crippen molar-refractivity contribution in [2.75, 3.05) is 19.5 Å². The summed E-state index contributed by atoms with van der Waals surface area (Å²) in [7, 11) is 3.10. The van der Waals surface area contributed by atoms with Gasteiger partial charge in [0.1, 0.15) is 28.7 Å². The largest absolute Gasteiger partial charge is 0.497 e. The van der Waals surface area contributed by atoms with E-state index in [4.69, 9.17) is 19.9 Å². The minimum atomic E-state index is -0.620. The molecule has 0 atom stereocenters. The van der Waals surface area contributed by atoms with Gasteiger partial charge in [0.05, 0.1) is 14.2 Å². The van der Waals surface area contributed by atoms with Crippen molar-refractivity contribution in [1.82, 2.24) is 4.98 Å². The number of aromatic nitrogens is 1. The number of ether oxygens (including phenoxy) is 3. The van der Waals surface area contributed by atoms with Crippen LogP contribution >= 0.6 is 0 Å². The highest BCUT2D eigenvalue weighted by atomic mass is 16.5. The molecule has 8 nitrogen and oxygen atoms in total. The number of benzene rings is 3. The second-order valence-corrected chi connectivity index (χ2v) is 7.49. The topological polar surface area (TPSA) is 113 Å². The smallest absolute Gasteiger partial charge is 0.267 e. The number of fused-ring (bicyclic) bond motifs is 1. The number of methoxy groups -OCH3 is 2. The van der Waals surface area contributed by atoms with Crippen LogP contribution in [0, 0.1) is 6.92 Å². The highest BCUT2D eigenvalue weighted by Gasteiger charge is 2.14. The van der Waals surface area contributed by atoms with E-state index in [1.54, 1.807) is 63.6 Å². The molecule has 0 radical (unpaired) electrons. The summed E-state index contributed by atoms with van der Waals surface area (Å²) in [6.07, 6.45) is 1.47. The zero-order chi connectivity index (χ0) is 24.2. The van der Waals surface area contributed by atoms with Gasteiger partial charge in [-0.25, -0.2) is 0 Å². The maximum atomic E-state index is 13.1. The number of pyridine rings is 1. The first kappa shape index (κ1) is 22.6. The molecule has 3 N–H and O–H groups in total. The lowest BCUT2D eigenvalue weighted by molar-refractivity contribution is 0.0992. The monoisotopic (exact) mass is 457 g/mol. The molecule has 0 unspecified atom stereocenters. The van der Waals surface area contributed by atoms with Crippen LogP contribution in [0.5, 0.6) is 23.0 Å². The van der Waals surface area contributed by atoms with Crippen LogP contribution in [0.2, 0.25) is 0 Å². The van der Waals surface area contributed by atoms with Crippen molar-refractivity contribution < 1.29 is 23.8 Å². The van der Waals surface area contributed by atoms with Crippen LogP contribution in [0.25, 0.3) is 10.8 Å². The number of primary amides is 1. The molecule has 8 heteroatoms. The lowest BCUT2D eigenvalue weighted by Crippen LogP contribution is -2.15. The normalized spacial score (nSPS) is 10.6. The van der Waals surface area contributed by atoms with E-state index >= 15 is 0 Å². The molecule has 1 aromatic heterocycles. The summed E-state index contributed by atoms with van der Waals surface area (Å²) in [6.45, 7) is 1.72. The fourth-order valence-corrected chi connectivity index (χ4v) is 3.61. The number of carbonyl (C=O) groups excluding carboxylic acids is 2. The van der Waals surface area contributed by atoms with Gasteiger partial charge in [-0.2, -0.15) is 0 Å². The van der Waals surface area contributed by atoms with Crippen molar-refractivity contribution in [3.63, 3.8) is 0 Å². The van der Waals surface area contributed by atoms with E-state index in [1.807, 2.05) is 18.2 Å². The molecule has 0 saturated carbocycles. The number of rotatable bonds is 7. The lowest BCUT2D eigenvalue weighted by Gasteiger charge is -2.13. The number of anilines is 1. The third-order valence-corrected chi connectivity index (χ3v) is 5.32. The molecule has 4 rings (SSSR count). The van der Waals surface area contributed by atoms with Crippen molar-refractivity contribution in [1.29, 1.82) is 0 Å². The van der Waals surface area contributed by atoms with Gasteiger partial charge in [-0.3, -0.25) is 14.6 Å². The molecule has 0 saturated heterocycles. The predicted molar refractivity (Wildman–Crippen MR) is 129 cm³/mol. The van der Waals surface area contributed by atoms with Crippen LogP contribution in [-0.2, 0) is 0 Å². The minimum absolute atomic E-state index is 0.159. The van der Waals surface area contributed by atoms with Crippen molar-refractivity contribution in [3.8, 4) is 23.0 Å². The van der Waals surface area contributed by atoms with Gasteiger partial charge in [0.15, 0.2) is 0 Å². The zero-order valence-corrected chi connectivity index (χ0v) is 18.9. The highest BCUT2D eigenvalue weighted by Crippen LogP contribution is 2.31. The Morgan fingerprint density at radius 3 is 2.32 bits per heavy atom. The Kier molecular flexibility index (Phi) is 6.31. The number of nitrogens with zero attached hydrogens (tertiary/aromatic N) is 1. The fraction of sp³-hybridized carbons (Fsp3) is 0.115. The van der Waals surface area contributed by atoms with E-state index in [0.29, 0.717) is 39.8 Å². The average molecular weight is 457 g/mol. The van der Waals surface area contributed by atoms with Gasteiger partial charge in [-0.05, 0) is 48.0 Å². The van der Waals surface area contributed by atoms with E-state index in [-0.39, 0.29) is 11.6 Å². The van der Waals surface area contributed by atoms with Gasteiger partial charge in [-0.1, -0.05) is 12.1 Å². The molecule has 0 fully saturated rings. The standard InChI is InChI=1S/C26H23N3O5/c1-15-23(9-10-28-24(15)25(27)30)34-18-7-8-21-16(11-18)5-4-6-22(21)26(31)29-17-12-19(32-2)14-20(13-17)33-3/h4-14H,1-3H3,(H2,27,30)(H,29,31). The van der Waals surface area contributed by atoms with Crippen LogP contribution in [0.15, 0.2) is 66.9 Å². The molecule has 34 heavy (non-hydrogen) atoms. The number of hydrogen-bond donors (Lipinski definition) is 2. The van der Waals surface area contributed by atoms with Gasteiger partial charge in [0.25, 0.3) is 11.8 Å². The molecule has 3 aromatic carbocycles. The molecule has 172 valence electrons. The first-order chi connectivity index (χ1) is 16.4. The maximum Gasteiger partial charge on any atom is 0.267 e.